The Hall–Kier alpha value is -0.950. The van der Waals surface area contributed by atoms with Gasteiger partial charge in [-0.2, -0.15) is 8.42 Å². The van der Waals surface area contributed by atoms with Crippen molar-refractivity contribution in [1.82, 2.24) is 14.8 Å². The van der Waals surface area contributed by atoms with Crippen LogP contribution in [0.1, 0.15) is 0 Å². The molecule has 1 heterocycles. The summed E-state index contributed by atoms with van der Waals surface area (Å²) in [5.74, 6) is -0.314. The molecular weight excluding hydrogens is 170 g/mol. The zero-order valence-corrected chi connectivity index (χ0v) is 6.40. The molecule has 0 aliphatic heterocycles. The number of aryl methyl sites for hydroxylation is 1. The Morgan fingerprint density at radius 3 is 2.36 bits per heavy atom. The quantitative estimate of drug-likeness (QED) is 0.609. The second-order valence-electron chi connectivity index (χ2n) is 1.99. The zero-order chi connectivity index (χ0) is 8.32. The normalized spacial score (nSPS) is 11.7. The number of nitrogens with zero attached hydrogens (tertiary/aromatic N) is 3. The molecule has 0 amide bonds. The lowest BCUT2D eigenvalue weighted by Gasteiger charge is -1.96. The predicted molar refractivity (Wildman–Crippen MR) is 36.4 cm³/mol. The standard InChI is InChI=1S/C4H7N3O3S/c8-11(9,10)2-1-7-3-5-6-4-7/h3-4H,1-2H2,(H,8,9,10). The van der Waals surface area contributed by atoms with Gasteiger partial charge in [0.1, 0.15) is 12.7 Å². The third kappa shape index (κ3) is 3.10. The van der Waals surface area contributed by atoms with Crippen LogP contribution in [0.4, 0.5) is 0 Å². The lowest BCUT2D eigenvalue weighted by Crippen LogP contribution is -2.10. The summed E-state index contributed by atoms with van der Waals surface area (Å²) in [5, 5.41) is 6.92. The largest absolute Gasteiger partial charge is 0.319 e. The van der Waals surface area contributed by atoms with Gasteiger partial charge in [0, 0.05) is 6.54 Å². The van der Waals surface area contributed by atoms with Gasteiger partial charge in [0.05, 0.1) is 5.75 Å². The first kappa shape index (κ1) is 8.15. The molecule has 0 aromatic carbocycles. The van der Waals surface area contributed by atoms with Crippen molar-refractivity contribution < 1.29 is 13.0 Å². The van der Waals surface area contributed by atoms with Crippen LogP contribution >= 0.6 is 0 Å². The van der Waals surface area contributed by atoms with E-state index < -0.39 is 10.1 Å². The Bertz CT molecular complexity index is 303. The number of aromatic nitrogens is 3. The monoisotopic (exact) mass is 177 g/mol. The van der Waals surface area contributed by atoms with Gasteiger partial charge in [-0.3, -0.25) is 4.55 Å². The summed E-state index contributed by atoms with van der Waals surface area (Å²) in [4.78, 5) is 0. The molecule has 0 aliphatic rings. The SMILES string of the molecule is O=S(=O)(O)CCn1cnnc1. The smallest absolute Gasteiger partial charge is 0.266 e. The fourth-order valence-electron chi connectivity index (χ4n) is 0.558. The average molecular weight is 177 g/mol. The molecule has 0 bridgehead atoms. The van der Waals surface area contributed by atoms with E-state index in [-0.39, 0.29) is 12.3 Å². The van der Waals surface area contributed by atoms with E-state index in [4.69, 9.17) is 4.55 Å². The maximum atomic E-state index is 10.2. The summed E-state index contributed by atoms with van der Waals surface area (Å²) >= 11 is 0. The highest BCUT2D eigenvalue weighted by Gasteiger charge is 2.03. The minimum Gasteiger partial charge on any atom is -0.319 e. The van der Waals surface area contributed by atoms with Gasteiger partial charge < -0.3 is 4.57 Å². The van der Waals surface area contributed by atoms with Crippen molar-refractivity contribution in [2.45, 2.75) is 6.54 Å². The van der Waals surface area contributed by atoms with Crippen molar-refractivity contribution in [3.05, 3.63) is 12.7 Å². The summed E-state index contributed by atoms with van der Waals surface area (Å²) in [7, 11) is -3.88. The molecule has 0 fully saturated rings. The molecule has 1 aromatic rings. The van der Waals surface area contributed by atoms with E-state index in [0.717, 1.165) is 0 Å². The van der Waals surface area contributed by atoms with Gasteiger partial charge in [0.15, 0.2) is 0 Å². The lowest BCUT2D eigenvalue weighted by atomic mass is 10.7. The summed E-state index contributed by atoms with van der Waals surface area (Å²) in [6, 6.07) is 0. The second kappa shape index (κ2) is 2.97. The van der Waals surface area contributed by atoms with Crippen molar-refractivity contribution in [3.63, 3.8) is 0 Å². The molecule has 7 heteroatoms. The second-order valence-corrected chi connectivity index (χ2v) is 3.56. The number of hydrogen-bond donors (Lipinski definition) is 1. The van der Waals surface area contributed by atoms with Gasteiger partial charge in [-0.15, -0.1) is 10.2 Å². The Kier molecular flexibility index (Phi) is 2.20. The first-order chi connectivity index (χ1) is 5.08. The van der Waals surface area contributed by atoms with Gasteiger partial charge in [0.25, 0.3) is 10.1 Å². The molecule has 11 heavy (non-hydrogen) atoms. The van der Waals surface area contributed by atoms with E-state index in [1.165, 1.54) is 17.2 Å². The van der Waals surface area contributed by atoms with Crippen molar-refractivity contribution >= 4 is 10.1 Å². The van der Waals surface area contributed by atoms with E-state index in [1.807, 2.05) is 0 Å². The first-order valence-corrected chi connectivity index (χ1v) is 4.46. The topological polar surface area (TPSA) is 85.1 Å². The van der Waals surface area contributed by atoms with Crippen LogP contribution in [0, 0.1) is 0 Å². The number of hydrogen-bond acceptors (Lipinski definition) is 4. The third-order valence-corrected chi connectivity index (χ3v) is 1.77. The molecule has 1 N–H and O–H groups in total. The van der Waals surface area contributed by atoms with Crippen molar-refractivity contribution in [3.8, 4) is 0 Å². The molecule has 0 saturated heterocycles. The molecule has 1 rings (SSSR count). The molecule has 6 nitrogen and oxygen atoms in total. The fraction of sp³-hybridized carbons (Fsp3) is 0.500. The molecule has 0 saturated carbocycles. The van der Waals surface area contributed by atoms with Crippen LogP contribution in [0.15, 0.2) is 12.7 Å². The minimum atomic E-state index is -3.88. The lowest BCUT2D eigenvalue weighted by molar-refractivity contribution is 0.478. The van der Waals surface area contributed by atoms with Crippen LogP contribution in [0.2, 0.25) is 0 Å². The minimum absolute atomic E-state index is 0.172. The highest BCUT2D eigenvalue weighted by Crippen LogP contribution is 1.87. The van der Waals surface area contributed by atoms with Crippen molar-refractivity contribution in [2.75, 3.05) is 5.75 Å². The predicted octanol–water partition coefficient (Wildman–Crippen LogP) is -0.834. The molecule has 0 atom stereocenters. The van der Waals surface area contributed by atoms with Gasteiger partial charge >= 0.3 is 0 Å². The Balaban J connectivity index is 2.48. The maximum absolute atomic E-state index is 10.2. The Morgan fingerprint density at radius 2 is 1.91 bits per heavy atom. The Morgan fingerprint density at radius 1 is 1.36 bits per heavy atom. The summed E-state index contributed by atoms with van der Waals surface area (Å²) in [6.45, 7) is 0.172. The van der Waals surface area contributed by atoms with Crippen LogP contribution in [0.25, 0.3) is 0 Å². The molecule has 0 unspecified atom stereocenters. The van der Waals surface area contributed by atoms with E-state index in [0.29, 0.717) is 0 Å². The highest BCUT2D eigenvalue weighted by atomic mass is 32.2. The summed E-state index contributed by atoms with van der Waals surface area (Å²) in [5.41, 5.74) is 0. The molecule has 62 valence electrons. The highest BCUT2D eigenvalue weighted by molar-refractivity contribution is 7.85. The van der Waals surface area contributed by atoms with Gasteiger partial charge in [-0.05, 0) is 0 Å². The molecule has 0 spiro atoms. The van der Waals surface area contributed by atoms with Crippen LogP contribution in [0.5, 0.6) is 0 Å². The summed E-state index contributed by atoms with van der Waals surface area (Å²) < 4.78 is 30.3. The summed E-state index contributed by atoms with van der Waals surface area (Å²) in [6.07, 6.45) is 2.76. The molecule has 0 radical (unpaired) electrons. The van der Waals surface area contributed by atoms with Crippen LogP contribution in [-0.2, 0) is 16.7 Å². The van der Waals surface area contributed by atoms with Crippen molar-refractivity contribution in [2.24, 2.45) is 0 Å². The van der Waals surface area contributed by atoms with Crippen LogP contribution in [-0.4, -0.2) is 33.5 Å². The zero-order valence-electron chi connectivity index (χ0n) is 5.58. The van der Waals surface area contributed by atoms with Crippen molar-refractivity contribution in [1.29, 1.82) is 0 Å². The van der Waals surface area contributed by atoms with Gasteiger partial charge in [-0.25, -0.2) is 0 Å². The van der Waals surface area contributed by atoms with Crippen LogP contribution < -0.4 is 0 Å². The van der Waals surface area contributed by atoms with E-state index in [1.54, 1.807) is 0 Å². The molecule has 1 aromatic heterocycles. The maximum Gasteiger partial charge on any atom is 0.266 e. The third-order valence-electron chi connectivity index (χ3n) is 1.07. The molecule has 0 aliphatic carbocycles. The van der Waals surface area contributed by atoms with E-state index >= 15 is 0 Å². The van der Waals surface area contributed by atoms with E-state index in [9.17, 15) is 8.42 Å². The Labute approximate surface area is 63.6 Å². The number of rotatable bonds is 3. The average Bonchev–Trinajstić information content (AvgIpc) is 2.32. The van der Waals surface area contributed by atoms with E-state index in [2.05, 4.69) is 10.2 Å². The van der Waals surface area contributed by atoms with Crippen LogP contribution in [0.3, 0.4) is 0 Å². The fourth-order valence-corrected chi connectivity index (χ4v) is 1.000. The van der Waals surface area contributed by atoms with Gasteiger partial charge in [0.2, 0.25) is 0 Å². The molecular formula is C4H7N3O3S. The first-order valence-electron chi connectivity index (χ1n) is 2.85. The van der Waals surface area contributed by atoms with Gasteiger partial charge in [-0.1, -0.05) is 0 Å².